The number of piperazine rings is 1. The zero-order valence-corrected chi connectivity index (χ0v) is 12.3. The molecule has 1 unspecified atom stereocenters. The van der Waals surface area contributed by atoms with E-state index in [1.165, 1.54) is 0 Å². The number of likely N-dealkylation sites (N-methyl/N-ethyl adjacent to an activating group) is 1. The molecule has 1 amide bonds. The smallest absolute Gasteiger partial charge is 0.236 e. The number of carbonyl (C=O) groups is 1. The van der Waals surface area contributed by atoms with E-state index in [4.69, 9.17) is 5.73 Å². The van der Waals surface area contributed by atoms with Crippen molar-refractivity contribution >= 4 is 5.91 Å². The minimum absolute atomic E-state index is 0.287. The summed E-state index contributed by atoms with van der Waals surface area (Å²) in [5, 5.41) is 0. The zero-order valence-electron chi connectivity index (χ0n) is 12.3. The highest BCUT2D eigenvalue weighted by molar-refractivity contribution is 5.78. The van der Waals surface area contributed by atoms with E-state index in [-0.39, 0.29) is 5.91 Å². The summed E-state index contributed by atoms with van der Waals surface area (Å²) in [6.07, 6.45) is 2.30. The predicted molar refractivity (Wildman–Crippen MR) is 76.9 cm³/mol. The van der Waals surface area contributed by atoms with Crippen molar-refractivity contribution in [2.45, 2.75) is 25.8 Å². The standard InChI is InChI=1S/C14H28N4O/c1-12-3-5-17(6-4-12)14(19)11-18-8-7-16(2)10-13(18)9-15/h12-13H,3-11,15H2,1-2H3. The van der Waals surface area contributed by atoms with Crippen LogP contribution in [-0.2, 0) is 4.79 Å². The van der Waals surface area contributed by atoms with Crippen LogP contribution in [0.4, 0.5) is 0 Å². The maximum Gasteiger partial charge on any atom is 0.236 e. The molecule has 2 N–H and O–H groups in total. The van der Waals surface area contributed by atoms with Gasteiger partial charge in [0.25, 0.3) is 0 Å². The molecule has 19 heavy (non-hydrogen) atoms. The number of amides is 1. The normalized spacial score (nSPS) is 27.7. The Morgan fingerprint density at radius 3 is 2.53 bits per heavy atom. The summed E-state index contributed by atoms with van der Waals surface area (Å²) in [6, 6.07) is 0.325. The molecule has 110 valence electrons. The minimum Gasteiger partial charge on any atom is -0.342 e. The first-order valence-electron chi connectivity index (χ1n) is 7.50. The van der Waals surface area contributed by atoms with Gasteiger partial charge in [0.15, 0.2) is 0 Å². The maximum atomic E-state index is 12.3. The van der Waals surface area contributed by atoms with Crippen LogP contribution in [0.15, 0.2) is 0 Å². The van der Waals surface area contributed by atoms with Crippen molar-refractivity contribution in [2.24, 2.45) is 11.7 Å². The molecule has 5 heteroatoms. The van der Waals surface area contributed by atoms with Crippen LogP contribution < -0.4 is 5.73 Å². The number of rotatable bonds is 3. The molecule has 1 atom stereocenters. The Morgan fingerprint density at radius 2 is 1.89 bits per heavy atom. The van der Waals surface area contributed by atoms with Crippen molar-refractivity contribution in [1.29, 1.82) is 0 Å². The van der Waals surface area contributed by atoms with Gasteiger partial charge in [-0.25, -0.2) is 0 Å². The second kappa shape index (κ2) is 6.68. The summed E-state index contributed by atoms with van der Waals surface area (Å²) < 4.78 is 0. The number of nitrogens with zero attached hydrogens (tertiary/aromatic N) is 3. The molecule has 0 saturated carbocycles. The van der Waals surface area contributed by atoms with Gasteiger partial charge in [-0.15, -0.1) is 0 Å². The monoisotopic (exact) mass is 268 g/mol. The largest absolute Gasteiger partial charge is 0.342 e. The summed E-state index contributed by atoms with van der Waals surface area (Å²) in [7, 11) is 2.12. The molecule has 0 aromatic heterocycles. The average Bonchev–Trinajstić information content (AvgIpc) is 2.41. The fourth-order valence-electron chi connectivity index (χ4n) is 3.01. The van der Waals surface area contributed by atoms with E-state index in [9.17, 15) is 4.79 Å². The lowest BCUT2D eigenvalue weighted by Gasteiger charge is -2.40. The lowest BCUT2D eigenvalue weighted by molar-refractivity contribution is -0.134. The highest BCUT2D eigenvalue weighted by Crippen LogP contribution is 2.16. The van der Waals surface area contributed by atoms with Crippen LogP contribution in [0.3, 0.4) is 0 Å². The number of carbonyl (C=O) groups excluding carboxylic acids is 1. The van der Waals surface area contributed by atoms with Crippen LogP contribution >= 0.6 is 0 Å². The Balaban J connectivity index is 1.84. The molecule has 0 aliphatic carbocycles. The van der Waals surface area contributed by atoms with E-state index in [1.807, 2.05) is 4.90 Å². The van der Waals surface area contributed by atoms with Crippen LogP contribution in [-0.4, -0.2) is 79.5 Å². The number of likely N-dealkylation sites (tertiary alicyclic amines) is 1. The molecule has 2 rings (SSSR count). The Kier molecular flexibility index (Phi) is 5.19. The van der Waals surface area contributed by atoms with Gasteiger partial charge in [0.2, 0.25) is 5.91 Å². The lowest BCUT2D eigenvalue weighted by atomic mass is 9.99. The van der Waals surface area contributed by atoms with Gasteiger partial charge in [-0.3, -0.25) is 9.69 Å². The van der Waals surface area contributed by atoms with Crippen molar-refractivity contribution < 1.29 is 4.79 Å². The molecule has 0 spiro atoms. The zero-order chi connectivity index (χ0) is 13.8. The van der Waals surface area contributed by atoms with Gasteiger partial charge in [-0.1, -0.05) is 6.92 Å². The van der Waals surface area contributed by atoms with E-state index in [0.29, 0.717) is 19.1 Å². The quantitative estimate of drug-likeness (QED) is 0.771. The van der Waals surface area contributed by atoms with Gasteiger partial charge in [-0.05, 0) is 25.8 Å². The number of hydrogen-bond acceptors (Lipinski definition) is 4. The number of hydrogen-bond donors (Lipinski definition) is 1. The van der Waals surface area contributed by atoms with Crippen molar-refractivity contribution in [2.75, 3.05) is 52.9 Å². The predicted octanol–water partition coefficient (Wildman–Crippen LogP) is -0.180. The Labute approximate surface area is 116 Å². The Hall–Kier alpha value is -0.650. The van der Waals surface area contributed by atoms with Gasteiger partial charge in [0, 0.05) is 45.3 Å². The molecule has 5 nitrogen and oxygen atoms in total. The SMILES string of the molecule is CC1CCN(C(=O)CN2CCN(C)CC2CN)CC1. The second-order valence-electron chi connectivity index (χ2n) is 6.19. The van der Waals surface area contributed by atoms with E-state index in [1.54, 1.807) is 0 Å². The molecule has 0 aromatic rings. The third-order valence-electron chi connectivity index (χ3n) is 4.55. The number of piperidine rings is 1. The van der Waals surface area contributed by atoms with Crippen LogP contribution in [0.2, 0.25) is 0 Å². The maximum absolute atomic E-state index is 12.3. The molecular weight excluding hydrogens is 240 g/mol. The van der Waals surface area contributed by atoms with Crippen molar-refractivity contribution in [1.82, 2.24) is 14.7 Å². The van der Waals surface area contributed by atoms with Crippen molar-refractivity contribution in [3.8, 4) is 0 Å². The van der Waals surface area contributed by atoms with Gasteiger partial charge in [0.05, 0.1) is 6.54 Å². The van der Waals surface area contributed by atoms with Gasteiger partial charge >= 0.3 is 0 Å². The molecular formula is C14H28N4O. The summed E-state index contributed by atoms with van der Waals surface area (Å²) >= 11 is 0. The molecule has 0 radical (unpaired) electrons. The molecule has 2 aliphatic heterocycles. The van der Waals surface area contributed by atoms with Crippen LogP contribution in [0.5, 0.6) is 0 Å². The molecule has 2 aliphatic rings. The average molecular weight is 268 g/mol. The van der Waals surface area contributed by atoms with Crippen LogP contribution in [0, 0.1) is 5.92 Å². The van der Waals surface area contributed by atoms with Crippen molar-refractivity contribution in [3.63, 3.8) is 0 Å². The van der Waals surface area contributed by atoms with Gasteiger partial charge in [-0.2, -0.15) is 0 Å². The Bertz CT molecular complexity index is 302. The molecule has 2 fully saturated rings. The summed E-state index contributed by atoms with van der Waals surface area (Å²) in [5.41, 5.74) is 5.84. The second-order valence-corrected chi connectivity index (χ2v) is 6.19. The van der Waals surface area contributed by atoms with E-state index < -0.39 is 0 Å². The van der Waals surface area contributed by atoms with E-state index in [0.717, 1.165) is 51.5 Å². The summed E-state index contributed by atoms with van der Waals surface area (Å²) in [6.45, 7) is 8.27. The number of nitrogens with two attached hydrogens (primary N) is 1. The lowest BCUT2D eigenvalue weighted by Crippen LogP contribution is -2.57. The van der Waals surface area contributed by atoms with Gasteiger partial charge in [0.1, 0.15) is 0 Å². The minimum atomic E-state index is 0.287. The fourth-order valence-corrected chi connectivity index (χ4v) is 3.01. The first-order chi connectivity index (χ1) is 9.10. The van der Waals surface area contributed by atoms with Crippen molar-refractivity contribution in [3.05, 3.63) is 0 Å². The summed E-state index contributed by atoms with van der Waals surface area (Å²) in [4.78, 5) is 18.9. The first-order valence-corrected chi connectivity index (χ1v) is 7.50. The third kappa shape index (κ3) is 3.91. The first kappa shape index (κ1) is 14.8. The highest BCUT2D eigenvalue weighted by atomic mass is 16.2. The van der Waals surface area contributed by atoms with E-state index in [2.05, 4.69) is 23.8 Å². The fraction of sp³-hybridized carbons (Fsp3) is 0.929. The van der Waals surface area contributed by atoms with Gasteiger partial charge < -0.3 is 15.5 Å². The molecule has 2 heterocycles. The van der Waals surface area contributed by atoms with Crippen LogP contribution in [0.1, 0.15) is 19.8 Å². The third-order valence-corrected chi connectivity index (χ3v) is 4.55. The molecule has 0 bridgehead atoms. The Morgan fingerprint density at radius 1 is 1.21 bits per heavy atom. The topological polar surface area (TPSA) is 52.8 Å². The van der Waals surface area contributed by atoms with E-state index >= 15 is 0 Å². The highest BCUT2D eigenvalue weighted by Gasteiger charge is 2.28. The van der Waals surface area contributed by atoms with Crippen LogP contribution in [0.25, 0.3) is 0 Å². The molecule has 0 aromatic carbocycles. The summed E-state index contributed by atoms with van der Waals surface area (Å²) in [5.74, 6) is 1.05. The molecule has 2 saturated heterocycles.